The Labute approximate surface area is 88.7 Å². The third-order valence-electron chi connectivity index (χ3n) is 1.94. The minimum atomic E-state index is -0.797. The van der Waals surface area contributed by atoms with Crippen molar-refractivity contribution in [1.82, 2.24) is 0 Å². The zero-order valence-corrected chi connectivity index (χ0v) is 8.48. The van der Waals surface area contributed by atoms with Crippen LogP contribution in [0.4, 0.5) is 0 Å². The molecule has 4 nitrogen and oxygen atoms in total. The van der Waals surface area contributed by atoms with E-state index < -0.39 is 5.97 Å². The van der Waals surface area contributed by atoms with Gasteiger partial charge in [0.15, 0.2) is 0 Å². The first-order valence-corrected chi connectivity index (χ1v) is 4.86. The molecule has 0 aliphatic carbocycles. The van der Waals surface area contributed by atoms with Gasteiger partial charge in [0.1, 0.15) is 5.75 Å². The predicted molar refractivity (Wildman–Crippen MR) is 56.7 cm³/mol. The molecule has 0 radical (unpaired) electrons. The number of nitrogens with two attached hydrogens (primary N) is 1. The molecule has 0 atom stereocenters. The number of hydrogen-bond donors (Lipinski definition) is 2. The molecular weight excluding hydrogens is 194 g/mol. The second kappa shape index (κ2) is 6.03. The zero-order valence-electron chi connectivity index (χ0n) is 8.48. The monoisotopic (exact) mass is 209 g/mol. The molecular formula is C11H15NO3. The summed E-state index contributed by atoms with van der Waals surface area (Å²) >= 11 is 0. The van der Waals surface area contributed by atoms with E-state index >= 15 is 0 Å². The van der Waals surface area contributed by atoms with Crippen LogP contribution in [0.3, 0.4) is 0 Å². The third-order valence-corrected chi connectivity index (χ3v) is 1.94. The quantitative estimate of drug-likeness (QED) is 0.694. The Kier molecular flexibility index (Phi) is 4.63. The van der Waals surface area contributed by atoms with Crippen molar-refractivity contribution < 1.29 is 14.6 Å². The Balaban J connectivity index is 2.33. The van der Waals surface area contributed by atoms with Gasteiger partial charge < -0.3 is 15.6 Å². The van der Waals surface area contributed by atoms with Crippen LogP contribution in [0.5, 0.6) is 5.75 Å². The second-order valence-electron chi connectivity index (χ2n) is 3.20. The van der Waals surface area contributed by atoms with Crippen LogP contribution in [0.25, 0.3) is 0 Å². The van der Waals surface area contributed by atoms with E-state index in [1.54, 1.807) is 0 Å². The molecule has 0 saturated carbocycles. The highest BCUT2D eigenvalue weighted by atomic mass is 16.5. The Bertz CT molecular complexity index is 325. The average molecular weight is 209 g/mol. The van der Waals surface area contributed by atoms with Crippen LogP contribution in [-0.2, 0) is 11.3 Å². The smallest absolute Gasteiger partial charge is 0.303 e. The summed E-state index contributed by atoms with van der Waals surface area (Å²) in [5.41, 5.74) is 6.49. The van der Waals surface area contributed by atoms with Crippen LogP contribution in [-0.4, -0.2) is 17.7 Å². The molecule has 0 spiro atoms. The van der Waals surface area contributed by atoms with E-state index in [2.05, 4.69) is 0 Å². The molecule has 0 amide bonds. The molecule has 4 heteroatoms. The first-order chi connectivity index (χ1) is 7.22. The number of rotatable bonds is 6. The lowest BCUT2D eigenvalue weighted by Gasteiger charge is -2.06. The summed E-state index contributed by atoms with van der Waals surface area (Å²) in [5, 5.41) is 8.42. The summed E-state index contributed by atoms with van der Waals surface area (Å²) in [4.78, 5) is 10.2. The van der Waals surface area contributed by atoms with Gasteiger partial charge in [-0.25, -0.2) is 0 Å². The molecule has 0 bridgehead atoms. The zero-order chi connectivity index (χ0) is 11.1. The van der Waals surface area contributed by atoms with Crippen LogP contribution < -0.4 is 10.5 Å². The molecule has 0 heterocycles. The predicted octanol–water partition coefficient (Wildman–Crippen LogP) is 1.39. The van der Waals surface area contributed by atoms with E-state index in [0.29, 0.717) is 19.6 Å². The third kappa shape index (κ3) is 4.46. The normalized spacial score (nSPS) is 9.93. The minimum Gasteiger partial charge on any atom is -0.494 e. The van der Waals surface area contributed by atoms with E-state index in [1.165, 1.54) is 0 Å². The Morgan fingerprint density at radius 2 is 2.27 bits per heavy atom. The molecule has 0 aliphatic rings. The fraction of sp³-hybridized carbons (Fsp3) is 0.364. The van der Waals surface area contributed by atoms with E-state index in [0.717, 1.165) is 11.3 Å². The highest BCUT2D eigenvalue weighted by molar-refractivity contribution is 5.66. The fourth-order valence-electron chi connectivity index (χ4n) is 1.18. The van der Waals surface area contributed by atoms with Crippen molar-refractivity contribution in [3.05, 3.63) is 29.8 Å². The maximum atomic E-state index is 10.2. The van der Waals surface area contributed by atoms with Gasteiger partial charge in [0.05, 0.1) is 6.61 Å². The molecule has 1 aromatic rings. The lowest BCUT2D eigenvalue weighted by atomic mass is 10.2. The van der Waals surface area contributed by atoms with Gasteiger partial charge in [-0.3, -0.25) is 4.79 Å². The Morgan fingerprint density at radius 1 is 1.47 bits per heavy atom. The molecule has 0 aliphatic heterocycles. The molecule has 1 aromatic carbocycles. The van der Waals surface area contributed by atoms with E-state index in [-0.39, 0.29) is 6.42 Å². The average Bonchev–Trinajstić information content (AvgIpc) is 2.24. The largest absolute Gasteiger partial charge is 0.494 e. The lowest BCUT2D eigenvalue weighted by molar-refractivity contribution is -0.137. The molecule has 0 unspecified atom stereocenters. The number of benzene rings is 1. The van der Waals surface area contributed by atoms with Crippen LogP contribution >= 0.6 is 0 Å². The number of carbonyl (C=O) groups is 1. The van der Waals surface area contributed by atoms with Gasteiger partial charge >= 0.3 is 5.97 Å². The Hall–Kier alpha value is -1.55. The van der Waals surface area contributed by atoms with E-state index in [9.17, 15) is 4.79 Å². The van der Waals surface area contributed by atoms with Crippen LogP contribution in [0.1, 0.15) is 18.4 Å². The van der Waals surface area contributed by atoms with Crippen molar-refractivity contribution in [2.75, 3.05) is 6.61 Å². The first-order valence-electron chi connectivity index (χ1n) is 4.86. The summed E-state index contributed by atoms with van der Waals surface area (Å²) in [6.45, 7) is 0.895. The van der Waals surface area contributed by atoms with Gasteiger partial charge in [0, 0.05) is 13.0 Å². The topological polar surface area (TPSA) is 72.5 Å². The second-order valence-corrected chi connectivity index (χ2v) is 3.20. The number of aliphatic carboxylic acids is 1. The summed E-state index contributed by atoms with van der Waals surface area (Å²) in [5.74, 6) is -0.0577. The molecule has 3 N–H and O–H groups in total. The minimum absolute atomic E-state index is 0.135. The number of carboxylic acids is 1. The van der Waals surface area contributed by atoms with Crippen molar-refractivity contribution in [2.45, 2.75) is 19.4 Å². The van der Waals surface area contributed by atoms with Gasteiger partial charge in [0.2, 0.25) is 0 Å². The molecule has 1 rings (SSSR count). The standard InChI is InChI=1S/C11H15NO3/c12-8-9-3-1-4-10(7-9)15-6-2-5-11(13)14/h1,3-4,7H,2,5-6,8,12H2,(H,13,14). The van der Waals surface area contributed by atoms with Crippen molar-refractivity contribution in [3.63, 3.8) is 0 Å². The molecule has 15 heavy (non-hydrogen) atoms. The van der Waals surface area contributed by atoms with Gasteiger partial charge in [-0.1, -0.05) is 12.1 Å². The van der Waals surface area contributed by atoms with Crippen LogP contribution in [0, 0.1) is 0 Å². The van der Waals surface area contributed by atoms with Crippen LogP contribution in [0.15, 0.2) is 24.3 Å². The van der Waals surface area contributed by atoms with E-state index in [4.69, 9.17) is 15.6 Å². The molecule has 82 valence electrons. The maximum absolute atomic E-state index is 10.2. The fourth-order valence-corrected chi connectivity index (χ4v) is 1.18. The first kappa shape index (κ1) is 11.5. The van der Waals surface area contributed by atoms with Gasteiger partial charge in [-0.15, -0.1) is 0 Å². The van der Waals surface area contributed by atoms with E-state index in [1.807, 2.05) is 24.3 Å². The summed E-state index contributed by atoms with van der Waals surface area (Å²) in [6.07, 6.45) is 0.652. The number of hydrogen-bond acceptors (Lipinski definition) is 3. The van der Waals surface area contributed by atoms with Crippen molar-refractivity contribution >= 4 is 5.97 Å². The van der Waals surface area contributed by atoms with Gasteiger partial charge in [-0.2, -0.15) is 0 Å². The van der Waals surface area contributed by atoms with Gasteiger partial charge in [0.25, 0.3) is 0 Å². The molecule has 0 saturated heterocycles. The SMILES string of the molecule is NCc1cccc(OCCCC(=O)O)c1. The number of ether oxygens (including phenoxy) is 1. The summed E-state index contributed by atoms with van der Waals surface area (Å²) < 4.78 is 5.38. The maximum Gasteiger partial charge on any atom is 0.303 e. The highest BCUT2D eigenvalue weighted by Gasteiger charge is 1.98. The highest BCUT2D eigenvalue weighted by Crippen LogP contribution is 2.13. The Morgan fingerprint density at radius 3 is 2.93 bits per heavy atom. The van der Waals surface area contributed by atoms with Crippen molar-refractivity contribution in [2.24, 2.45) is 5.73 Å². The number of carboxylic acid groups (broad SMARTS) is 1. The molecule has 0 fully saturated rings. The summed E-state index contributed by atoms with van der Waals surface area (Å²) in [6, 6.07) is 7.49. The van der Waals surface area contributed by atoms with Crippen molar-refractivity contribution in [1.29, 1.82) is 0 Å². The van der Waals surface area contributed by atoms with Gasteiger partial charge in [-0.05, 0) is 24.1 Å². The summed E-state index contributed by atoms with van der Waals surface area (Å²) in [7, 11) is 0. The lowest BCUT2D eigenvalue weighted by Crippen LogP contribution is -2.03. The van der Waals surface area contributed by atoms with Crippen LogP contribution in [0.2, 0.25) is 0 Å². The van der Waals surface area contributed by atoms with Crippen molar-refractivity contribution in [3.8, 4) is 5.75 Å². The molecule has 0 aromatic heterocycles.